The molecule has 0 spiro atoms. The monoisotopic (exact) mass is 212 g/mol. The van der Waals surface area contributed by atoms with Crippen molar-refractivity contribution in [3.63, 3.8) is 0 Å². The van der Waals surface area contributed by atoms with Gasteiger partial charge in [-0.1, -0.05) is 27.6 Å². The van der Waals surface area contributed by atoms with E-state index in [1.165, 1.54) is 0 Å². The molecule has 1 N–H and O–H groups in total. The molecule has 0 rings (SSSR count). The van der Waals surface area contributed by atoms with Gasteiger partial charge in [0.2, 0.25) is 0 Å². The van der Waals surface area contributed by atoms with Crippen molar-refractivity contribution in [1.29, 1.82) is 0 Å². The number of hydrogen-bond donors (Lipinski definition) is 1. The second-order valence-electron chi connectivity index (χ2n) is 4.44. The first-order chi connectivity index (χ1) is 8.71. The van der Waals surface area contributed by atoms with Gasteiger partial charge in [0, 0.05) is 6.85 Å². The lowest BCUT2D eigenvalue weighted by Crippen LogP contribution is -2.42. The van der Waals surface area contributed by atoms with E-state index in [0.29, 0.717) is 0 Å². The van der Waals surface area contributed by atoms with Gasteiger partial charge in [0.15, 0.2) is 8.32 Å². The molecule has 2 nitrogen and oxygen atoms in total. The van der Waals surface area contributed by atoms with Crippen LogP contribution in [-0.4, -0.2) is 26.1 Å². The van der Waals surface area contributed by atoms with Gasteiger partial charge in [-0.25, -0.2) is 0 Å². The van der Waals surface area contributed by atoms with E-state index in [1.807, 2.05) is 0 Å². The Kier molecular flexibility index (Phi) is 1.68. The molecule has 0 aromatic rings. The highest BCUT2D eigenvalue weighted by molar-refractivity contribution is 6.74. The van der Waals surface area contributed by atoms with Crippen LogP contribution in [0.3, 0.4) is 0 Å². The second kappa shape index (κ2) is 4.58. The van der Waals surface area contributed by atoms with Crippen molar-refractivity contribution in [2.75, 3.05) is 6.56 Å². The molecular weight excluding hydrogens is 180 g/mol. The van der Waals surface area contributed by atoms with Crippen molar-refractivity contribution in [2.45, 2.75) is 58.2 Å². The van der Waals surface area contributed by atoms with E-state index < -0.39 is 39.2 Å². The van der Waals surface area contributed by atoms with Gasteiger partial charge < -0.3 is 9.53 Å². The molecule has 0 aromatic heterocycles. The van der Waals surface area contributed by atoms with Gasteiger partial charge in [-0.2, -0.15) is 0 Å². The van der Waals surface area contributed by atoms with Crippen LogP contribution in [0.15, 0.2) is 0 Å². The average molecular weight is 212 g/mol. The second-order valence-corrected chi connectivity index (χ2v) is 9.16. The molecule has 0 aliphatic heterocycles. The highest BCUT2D eigenvalue weighted by Gasteiger charge is 2.37. The molecule has 0 radical (unpaired) electrons. The van der Waals surface area contributed by atoms with E-state index in [2.05, 4.69) is 0 Å². The maximum Gasteiger partial charge on any atom is 0.192 e. The van der Waals surface area contributed by atoms with E-state index in [9.17, 15) is 5.11 Å². The van der Waals surface area contributed by atoms with Gasteiger partial charge >= 0.3 is 0 Å². The summed E-state index contributed by atoms with van der Waals surface area (Å²) in [7, 11) is -2.79. The zero-order valence-corrected chi connectivity index (χ0v) is 9.86. The minimum Gasteiger partial charge on any atom is -0.414 e. The Labute approximate surface area is 94.7 Å². The van der Waals surface area contributed by atoms with Crippen LogP contribution in [0.25, 0.3) is 0 Å². The smallest absolute Gasteiger partial charge is 0.192 e. The fraction of sp³-hybridized carbons (Fsp3) is 1.00. The number of rotatable bonds is 4. The van der Waals surface area contributed by atoms with Crippen molar-refractivity contribution in [3.8, 4) is 0 Å². The van der Waals surface area contributed by atoms with Crippen LogP contribution in [0.2, 0.25) is 18.1 Å². The van der Waals surface area contributed by atoms with Crippen molar-refractivity contribution in [2.24, 2.45) is 0 Å². The summed E-state index contributed by atoms with van der Waals surface area (Å²) in [5.41, 5.74) is 0. The van der Waals surface area contributed by atoms with Crippen molar-refractivity contribution in [1.82, 2.24) is 0 Å². The minimum absolute atomic E-state index is 0.455. The van der Waals surface area contributed by atoms with Gasteiger partial charge in [-0.3, -0.25) is 0 Å². The number of hydrogen-bond acceptors (Lipinski definition) is 2. The summed E-state index contributed by atoms with van der Waals surface area (Å²) in [4.78, 5) is 0. The molecule has 1 atom stereocenters. The van der Waals surface area contributed by atoms with Crippen molar-refractivity contribution < 1.29 is 20.5 Å². The predicted octanol–water partition coefficient (Wildman–Crippen LogP) is 2.78. The summed E-state index contributed by atoms with van der Waals surface area (Å²) in [6.45, 7) is 2.18. The molecule has 0 saturated carbocycles. The quantitative estimate of drug-likeness (QED) is 0.726. The lowest BCUT2D eigenvalue weighted by molar-refractivity contribution is 0.0969. The Hall–Kier alpha value is 0.137. The molecule has 3 heteroatoms. The van der Waals surface area contributed by atoms with Crippen LogP contribution in [0.5, 0.6) is 0 Å². The molecule has 80 valence electrons. The van der Waals surface area contributed by atoms with E-state index in [4.69, 9.17) is 15.4 Å². The third kappa shape index (κ3) is 4.25. The van der Waals surface area contributed by atoms with Crippen LogP contribution in [0.1, 0.15) is 45.0 Å². The van der Waals surface area contributed by atoms with Gasteiger partial charge in [0.05, 0.1) is 16.8 Å². The van der Waals surface area contributed by atoms with Crippen LogP contribution in [0, 0.1) is 0 Å². The number of aliphatic hydroxyl groups is 1. The third-order valence-electron chi connectivity index (χ3n) is 2.33. The van der Waals surface area contributed by atoms with Crippen LogP contribution < -0.4 is 0 Å². The van der Waals surface area contributed by atoms with Crippen molar-refractivity contribution in [3.05, 3.63) is 0 Å². The maximum absolute atomic E-state index is 9.99. The lowest BCUT2D eigenvalue weighted by atomic mass is 10.2. The summed E-state index contributed by atoms with van der Waals surface area (Å²) in [5.74, 6) is 0. The standard InChI is InChI=1S/C10H24O2Si/c1-7-9(11)8-12-13(5,6)10(2,3)4/h9,11H,7-8H2,1-6H3/t9-/m1/s1/i1D3,7D2,8D2,9D. The molecule has 0 aromatic carbocycles. The first-order valence-corrected chi connectivity index (χ1v) is 7.04. The Balaban J connectivity index is 5.71. The lowest BCUT2D eigenvalue weighted by Gasteiger charge is -2.36. The summed E-state index contributed by atoms with van der Waals surface area (Å²) < 4.78 is 64.6. The largest absolute Gasteiger partial charge is 0.414 e. The molecule has 0 heterocycles. The first-order valence-electron chi connectivity index (χ1n) is 8.13. The summed E-state index contributed by atoms with van der Waals surface area (Å²) in [5, 5.41) is 9.53. The summed E-state index contributed by atoms with van der Waals surface area (Å²) in [6.07, 6.45) is -7.08. The fourth-order valence-electron chi connectivity index (χ4n) is 0.355. The normalized spacial score (nSPS) is 30.6. The molecule has 0 saturated heterocycles. The van der Waals surface area contributed by atoms with E-state index in [1.54, 1.807) is 33.9 Å². The van der Waals surface area contributed by atoms with E-state index >= 15 is 0 Å². The molecule has 0 aliphatic rings. The van der Waals surface area contributed by atoms with Crippen molar-refractivity contribution >= 4 is 8.32 Å². The van der Waals surface area contributed by atoms with Gasteiger partial charge in [0.1, 0.15) is 0 Å². The Morgan fingerprint density at radius 3 is 2.54 bits per heavy atom. The molecule has 0 fully saturated rings. The highest BCUT2D eigenvalue weighted by Crippen LogP contribution is 2.36. The van der Waals surface area contributed by atoms with Crippen LogP contribution in [-0.2, 0) is 4.43 Å². The zero-order chi connectivity index (χ0) is 17.7. The zero-order valence-electron chi connectivity index (χ0n) is 16.9. The van der Waals surface area contributed by atoms with Gasteiger partial charge in [-0.15, -0.1) is 0 Å². The fourth-order valence-corrected chi connectivity index (χ4v) is 1.01. The van der Waals surface area contributed by atoms with E-state index in [-0.39, 0.29) is 0 Å². The van der Waals surface area contributed by atoms with Crippen LogP contribution >= 0.6 is 0 Å². The van der Waals surface area contributed by atoms with Crippen LogP contribution in [0.4, 0.5) is 0 Å². The average Bonchev–Trinajstić information content (AvgIpc) is 2.11. The SMILES string of the molecule is [2H]C([2H])([2H])C([2H])([2H])[C@@]([2H])(O)C([2H])([2H])O[Si](C)(C)C(C)(C)C. The molecular formula is C10H24O2Si. The molecule has 13 heavy (non-hydrogen) atoms. The molecule has 0 aliphatic carbocycles. The van der Waals surface area contributed by atoms with Gasteiger partial charge in [-0.05, 0) is 24.5 Å². The summed E-state index contributed by atoms with van der Waals surface area (Å²) >= 11 is 0. The first kappa shape index (κ1) is 4.77. The predicted molar refractivity (Wildman–Crippen MR) is 59.4 cm³/mol. The Bertz CT molecular complexity index is 383. The Morgan fingerprint density at radius 2 is 2.15 bits per heavy atom. The molecule has 0 bridgehead atoms. The van der Waals surface area contributed by atoms with Gasteiger partial charge in [0.25, 0.3) is 0 Å². The topological polar surface area (TPSA) is 29.5 Å². The molecule has 0 amide bonds. The third-order valence-corrected chi connectivity index (χ3v) is 6.55. The van der Waals surface area contributed by atoms with E-state index in [0.717, 1.165) is 0 Å². The maximum atomic E-state index is 9.99. The highest BCUT2D eigenvalue weighted by atomic mass is 28.4. The molecule has 0 unspecified atom stereocenters. The summed E-state index contributed by atoms with van der Waals surface area (Å²) in [6, 6.07) is 0. The minimum atomic E-state index is -3.58. The Morgan fingerprint density at radius 1 is 1.62 bits per heavy atom.